The second-order valence-corrected chi connectivity index (χ2v) is 8.09. The van der Waals surface area contributed by atoms with Crippen LogP contribution in [0.3, 0.4) is 0 Å². The largest absolute Gasteiger partial charge is 0.573 e. The third-order valence-corrected chi connectivity index (χ3v) is 5.16. The molecule has 0 aromatic heterocycles. The van der Waals surface area contributed by atoms with Crippen LogP contribution in [0.1, 0.15) is 36.2 Å². The first-order valence-corrected chi connectivity index (χ1v) is 11.1. The van der Waals surface area contributed by atoms with Gasteiger partial charge in [-0.05, 0) is 54.7 Å². The maximum absolute atomic E-state index is 12.7. The van der Waals surface area contributed by atoms with Crippen LogP contribution in [0, 0.1) is 0 Å². The fourth-order valence-electron chi connectivity index (χ4n) is 3.28. The lowest BCUT2D eigenvalue weighted by Gasteiger charge is -2.28. The first kappa shape index (κ1) is 28.8. The predicted molar refractivity (Wildman–Crippen MR) is 128 cm³/mol. The van der Waals surface area contributed by atoms with Crippen molar-refractivity contribution in [1.82, 2.24) is 5.32 Å². The van der Waals surface area contributed by atoms with Gasteiger partial charge < -0.3 is 36.0 Å². The Bertz CT molecular complexity index is 1050. The van der Waals surface area contributed by atoms with Gasteiger partial charge >= 0.3 is 13.8 Å². The Labute approximate surface area is 207 Å². The van der Waals surface area contributed by atoms with Crippen molar-refractivity contribution in [2.75, 3.05) is 19.8 Å². The van der Waals surface area contributed by atoms with Crippen LogP contribution in [0.25, 0.3) is 0 Å². The van der Waals surface area contributed by atoms with E-state index in [0.29, 0.717) is 11.9 Å². The zero-order valence-electron chi connectivity index (χ0n) is 20.0. The number of hydrogen-bond donors (Lipinski definition) is 4. The van der Waals surface area contributed by atoms with Gasteiger partial charge in [0.05, 0.1) is 0 Å². The molecular weight excluding hydrogens is 482 g/mol. The first-order valence-electron chi connectivity index (χ1n) is 11.1. The minimum Gasteiger partial charge on any atom is -0.489 e. The number of nitrogens with two attached hydrogens (primary N) is 2. The van der Waals surface area contributed by atoms with Crippen molar-refractivity contribution in [2.24, 2.45) is 11.5 Å². The van der Waals surface area contributed by atoms with Crippen molar-refractivity contribution >= 4 is 24.8 Å². The van der Waals surface area contributed by atoms with Crippen LogP contribution >= 0.6 is 0 Å². The number of aryl methyl sites for hydroxylation is 1. The summed E-state index contributed by atoms with van der Waals surface area (Å²) in [5, 5.41) is 12.4. The van der Waals surface area contributed by atoms with Gasteiger partial charge in [-0.15, -0.1) is 13.2 Å². The molecule has 13 heteroatoms. The van der Waals surface area contributed by atoms with E-state index in [9.17, 15) is 27.8 Å². The average Bonchev–Trinajstić information content (AvgIpc) is 2.81. The number of benzene rings is 2. The van der Waals surface area contributed by atoms with Crippen LogP contribution in [0.5, 0.6) is 17.2 Å². The molecule has 9 nitrogen and oxygen atoms in total. The molecule has 2 rings (SSSR count). The Hall–Kier alpha value is -3.45. The molecule has 2 aromatic rings. The van der Waals surface area contributed by atoms with Crippen LogP contribution < -0.4 is 36.5 Å². The summed E-state index contributed by atoms with van der Waals surface area (Å²) in [6.07, 6.45) is -3.35. The molecular formula is C23H29BF3N3O6. The molecule has 36 heavy (non-hydrogen) atoms. The minimum absolute atomic E-state index is 0.0320. The second-order valence-electron chi connectivity index (χ2n) is 8.09. The van der Waals surface area contributed by atoms with E-state index in [1.165, 1.54) is 6.92 Å². The van der Waals surface area contributed by atoms with E-state index in [1.807, 2.05) is 6.92 Å². The van der Waals surface area contributed by atoms with E-state index in [0.717, 1.165) is 36.2 Å². The van der Waals surface area contributed by atoms with E-state index in [2.05, 4.69) is 10.1 Å². The van der Waals surface area contributed by atoms with Crippen LogP contribution in [0.4, 0.5) is 13.2 Å². The topological polar surface area (TPSA) is 146 Å². The molecule has 1 atom stereocenters. The van der Waals surface area contributed by atoms with Gasteiger partial charge in [-0.2, -0.15) is 0 Å². The maximum Gasteiger partial charge on any atom is 0.573 e. The number of carbonyl (C=O) groups is 2. The average molecular weight is 511 g/mol. The van der Waals surface area contributed by atoms with Gasteiger partial charge in [0.15, 0.2) is 17.0 Å². The number of primary amides is 1. The molecule has 6 N–H and O–H groups in total. The van der Waals surface area contributed by atoms with Crippen molar-refractivity contribution in [3.05, 3.63) is 47.5 Å². The van der Waals surface area contributed by atoms with E-state index >= 15 is 0 Å². The number of carbonyl (C=O) groups excluding carboxylic acids is 2. The molecule has 0 aliphatic rings. The van der Waals surface area contributed by atoms with Crippen LogP contribution in [0.15, 0.2) is 36.4 Å². The van der Waals surface area contributed by atoms with Gasteiger partial charge in [-0.25, -0.2) is 0 Å². The second kappa shape index (κ2) is 12.5. The summed E-state index contributed by atoms with van der Waals surface area (Å²) >= 11 is 0. The standard InChI is InChI=1S/C23H29BF3N3O6/c1-3-4-14-7-10-17(19(18(14)24-33)34-12-11-28)35-13-22(2,21(29)32)30-20(31)15-5-8-16(9-6-15)36-23(25,26)27/h5-10,24,33H,3-4,11-13,28H2,1-2H3,(H2,29,32)(H,30,31). The summed E-state index contributed by atoms with van der Waals surface area (Å²) in [5.74, 6) is -1.71. The van der Waals surface area contributed by atoms with Gasteiger partial charge in [0.25, 0.3) is 5.91 Å². The molecule has 196 valence electrons. The Morgan fingerprint density at radius 3 is 2.31 bits per heavy atom. The Morgan fingerprint density at radius 2 is 1.78 bits per heavy atom. The lowest BCUT2D eigenvalue weighted by atomic mass is 9.81. The number of ether oxygens (including phenoxy) is 3. The van der Waals surface area contributed by atoms with Gasteiger partial charge in [0, 0.05) is 12.1 Å². The molecule has 0 aliphatic carbocycles. The van der Waals surface area contributed by atoms with Gasteiger partial charge in [-0.1, -0.05) is 19.4 Å². The van der Waals surface area contributed by atoms with E-state index in [-0.39, 0.29) is 37.7 Å². The van der Waals surface area contributed by atoms with Crippen LogP contribution in [-0.4, -0.2) is 56.0 Å². The summed E-state index contributed by atoms with van der Waals surface area (Å²) in [7, 11) is -0.315. The molecule has 0 fully saturated rings. The molecule has 2 aromatic carbocycles. The predicted octanol–water partition coefficient (Wildman–Crippen LogP) is 0.897. The molecule has 0 saturated carbocycles. The fraction of sp³-hybridized carbons (Fsp3) is 0.391. The summed E-state index contributed by atoms with van der Waals surface area (Å²) < 4.78 is 52.3. The quantitative estimate of drug-likeness (QED) is 0.292. The molecule has 1 unspecified atom stereocenters. The van der Waals surface area contributed by atoms with E-state index < -0.39 is 36.1 Å². The number of rotatable bonds is 13. The third kappa shape index (κ3) is 7.78. The highest BCUT2D eigenvalue weighted by Crippen LogP contribution is 2.28. The van der Waals surface area contributed by atoms with Gasteiger partial charge in [0.1, 0.15) is 19.0 Å². The Morgan fingerprint density at radius 1 is 1.11 bits per heavy atom. The normalized spacial score (nSPS) is 12.9. The van der Waals surface area contributed by atoms with Crippen LogP contribution in [-0.2, 0) is 11.2 Å². The number of amides is 2. The smallest absolute Gasteiger partial charge is 0.489 e. The summed E-state index contributed by atoms with van der Waals surface area (Å²) in [4.78, 5) is 24.9. The Kier molecular flexibility index (Phi) is 9.99. The molecule has 2 amide bonds. The number of alkyl halides is 3. The minimum atomic E-state index is -4.87. The summed E-state index contributed by atoms with van der Waals surface area (Å²) in [5.41, 5.74) is 10.7. The molecule has 0 aliphatic heterocycles. The highest BCUT2D eigenvalue weighted by Gasteiger charge is 2.35. The molecule has 0 saturated heterocycles. The first-order chi connectivity index (χ1) is 16.9. The zero-order valence-corrected chi connectivity index (χ0v) is 20.0. The maximum atomic E-state index is 12.7. The Balaban J connectivity index is 2.23. The van der Waals surface area contributed by atoms with Crippen molar-refractivity contribution < 1.29 is 42.0 Å². The van der Waals surface area contributed by atoms with E-state index in [1.54, 1.807) is 12.1 Å². The monoisotopic (exact) mass is 511 g/mol. The molecule has 0 spiro atoms. The van der Waals surface area contributed by atoms with Crippen molar-refractivity contribution in [2.45, 2.75) is 38.6 Å². The summed E-state index contributed by atoms with van der Waals surface area (Å²) in [6.45, 7) is 3.29. The highest BCUT2D eigenvalue weighted by atomic mass is 19.4. The lowest BCUT2D eigenvalue weighted by Crippen LogP contribution is -2.59. The summed E-state index contributed by atoms with van der Waals surface area (Å²) in [6, 6.07) is 7.55. The van der Waals surface area contributed by atoms with Crippen LogP contribution in [0.2, 0.25) is 0 Å². The highest BCUT2D eigenvalue weighted by molar-refractivity contribution is 6.48. The van der Waals surface area contributed by atoms with E-state index in [4.69, 9.17) is 20.9 Å². The number of hydrogen-bond acceptors (Lipinski definition) is 7. The SMILES string of the molecule is CCCc1ccc(OCC(C)(NC(=O)c2ccc(OC(F)(F)F)cc2)C(N)=O)c(OCCN)c1BO. The van der Waals surface area contributed by atoms with Crippen molar-refractivity contribution in [3.63, 3.8) is 0 Å². The lowest BCUT2D eigenvalue weighted by molar-refractivity contribution is -0.274. The zero-order chi connectivity index (χ0) is 26.9. The van der Waals surface area contributed by atoms with Gasteiger partial charge in [-0.3, -0.25) is 9.59 Å². The molecule has 0 heterocycles. The number of nitrogens with one attached hydrogen (secondary N) is 1. The van der Waals surface area contributed by atoms with Crippen molar-refractivity contribution in [1.29, 1.82) is 0 Å². The fourth-order valence-corrected chi connectivity index (χ4v) is 3.28. The number of halogens is 3. The molecule has 0 radical (unpaired) electrons. The molecule has 0 bridgehead atoms. The van der Waals surface area contributed by atoms with Crippen molar-refractivity contribution in [3.8, 4) is 17.2 Å². The third-order valence-electron chi connectivity index (χ3n) is 5.16. The van der Waals surface area contributed by atoms with Gasteiger partial charge in [0.2, 0.25) is 5.91 Å².